The summed E-state index contributed by atoms with van der Waals surface area (Å²) >= 11 is 0. The van der Waals surface area contributed by atoms with Crippen LogP contribution < -0.4 is 0 Å². The van der Waals surface area contributed by atoms with Crippen LogP contribution in [0, 0.1) is 5.41 Å². The number of nitrogens with zero attached hydrogens (tertiary/aromatic N) is 1. The molecule has 0 aliphatic heterocycles. The SMILES string of the molecule is CC(C)(C)CC(=O)N(CCO)C1CCC1. The Kier molecular flexibility index (Phi) is 4.14. The van der Waals surface area contributed by atoms with Gasteiger partial charge in [-0.1, -0.05) is 20.8 Å². The van der Waals surface area contributed by atoms with Crippen molar-refractivity contribution in [2.75, 3.05) is 13.2 Å². The molecule has 0 aromatic rings. The van der Waals surface area contributed by atoms with Crippen molar-refractivity contribution in [2.45, 2.75) is 52.5 Å². The van der Waals surface area contributed by atoms with Crippen molar-refractivity contribution in [3.05, 3.63) is 0 Å². The zero-order valence-corrected chi connectivity index (χ0v) is 10.1. The Morgan fingerprint density at radius 1 is 1.40 bits per heavy atom. The molecule has 0 atom stereocenters. The number of hydrogen-bond donors (Lipinski definition) is 1. The second-order valence-corrected chi connectivity index (χ2v) is 5.63. The van der Waals surface area contributed by atoms with Crippen LogP contribution >= 0.6 is 0 Å². The number of carbonyl (C=O) groups is 1. The third-order valence-electron chi connectivity index (χ3n) is 2.86. The van der Waals surface area contributed by atoms with Crippen LogP contribution in [0.1, 0.15) is 46.5 Å². The van der Waals surface area contributed by atoms with Crippen LogP contribution in [0.25, 0.3) is 0 Å². The molecule has 1 amide bonds. The van der Waals surface area contributed by atoms with Crippen LogP contribution in [-0.2, 0) is 4.79 Å². The Bertz CT molecular complexity index is 216. The second kappa shape index (κ2) is 4.97. The number of rotatable bonds is 4. The molecule has 1 aliphatic carbocycles. The minimum absolute atomic E-state index is 0.0362. The van der Waals surface area contributed by atoms with E-state index in [-0.39, 0.29) is 17.9 Å². The Hall–Kier alpha value is -0.570. The fraction of sp³-hybridized carbons (Fsp3) is 0.917. The molecule has 0 bridgehead atoms. The zero-order valence-electron chi connectivity index (χ0n) is 10.1. The van der Waals surface area contributed by atoms with E-state index < -0.39 is 0 Å². The first-order valence-electron chi connectivity index (χ1n) is 5.84. The lowest BCUT2D eigenvalue weighted by molar-refractivity contribution is -0.137. The number of amides is 1. The minimum atomic E-state index is 0.0362. The molecule has 1 saturated carbocycles. The van der Waals surface area contributed by atoms with Crippen molar-refractivity contribution >= 4 is 5.91 Å². The largest absolute Gasteiger partial charge is 0.395 e. The Balaban J connectivity index is 2.50. The van der Waals surface area contributed by atoms with E-state index in [9.17, 15) is 4.79 Å². The molecule has 0 unspecified atom stereocenters. The van der Waals surface area contributed by atoms with E-state index in [2.05, 4.69) is 20.8 Å². The predicted molar refractivity (Wildman–Crippen MR) is 60.5 cm³/mol. The van der Waals surface area contributed by atoms with Gasteiger partial charge < -0.3 is 10.0 Å². The number of aliphatic hydroxyl groups excluding tert-OH is 1. The molecular weight excluding hydrogens is 190 g/mol. The maximum Gasteiger partial charge on any atom is 0.223 e. The van der Waals surface area contributed by atoms with Crippen LogP contribution in [0.15, 0.2) is 0 Å². The molecule has 0 saturated heterocycles. The van der Waals surface area contributed by atoms with Gasteiger partial charge in [0, 0.05) is 19.0 Å². The predicted octanol–water partition coefficient (Wildman–Crippen LogP) is 1.80. The van der Waals surface area contributed by atoms with Crippen LogP contribution in [0.3, 0.4) is 0 Å². The summed E-state index contributed by atoms with van der Waals surface area (Å²) in [6, 6.07) is 0.395. The summed E-state index contributed by atoms with van der Waals surface area (Å²) in [4.78, 5) is 13.9. The van der Waals surface area contributed by atoms with E-state index in [0.717, 1.165) is 12.8 Å². The summed E-state index contributed by atoms with van der Waals surface area (Å²) < 4.78 is 0. The average molecular weight is 213 g/mol. The van der Waals surface area contributed by atoms with Gasteiger partial charge in [0.1, 0.15) is 0 Å². The van der Waals surface area contributed by atoms with Gasteiger partial charge in [-0.3, -0.25) is 4.79 Å². The van der Waals surface area contributed by atoms with Crippen LogP contribution in [0.4, 0.5) is 0 Å². The molecule has 0 aromatic heterocycles. The normalized spacial score (nSPS) is 17.3. The highest BCUT2D eigenvalue weighted by atomic mass is 16.3. The third kappa shape index (κ3) is 3.82. The molecule has 0 spiro atoms. The lowest BCUT2D eigenvalue weighted by Gasteiger charge is -2.38. The van der Waals surface area contributed by atoms with Crippen molar-refractivity contribution in [2.24, 2.45) is 5.41 Å². The van der Waals surface area contributed by atoms with Gasteiger partial charge in [0.25, 0.3) is 0 Å². The smallest absolute Gasteiger partial charge is 0.223 e. The van der Waals surface area contributed by atoms with Gasteiger partial charge in [-0.05, 0) is 24.7 Å². The number of hydrogen-bond acceptors (Lipinski definition) is 2. The highest BCUT2D eigenvalue weighted by Gasteiger charge is 2.30. The zero-order chi connectivity index (χ0) is 11.5. The fourth-order valence-corrected chi connectivity index (χ4v) is 1.87. The summed E-state index contributed by atoms with van der Waals surface area (Å²) in [7, 11) is 0. The highest BCUT2D eigenvalue weighted by molar-refractivity contribution is 5.77. The van der Waals surface area contributed by atoms with Crippen molar-refractivity contribution in [3.63, 3.8) is 0 Å². The Morgan fingerprint density at radius 2 is 2.00 bits per heavy atom. The first-order valence-corrected chi connectivity index (χ1v) is 5.84. The van der Waals surface area contributed by atoms with Gasteiger partial charge in [-0.25, -0.2) is 0 Å². The average Bonchev–Trinajstić information content (AvgIpc) is 1.96. The van der Waals surface area contributed by atoms with Crippen LogP contribution in [0.5, 0.6) is 0 Å². The van der Waals surface area contributed by atoms with Gasteiger partial charge in [-0.15, -0.1) is 0 Å². The number of aliphatic hydroxyl groups is 1. The van der Waals surface area contributed by atoms with Gasteiger partial charge >= 0.3 is 0 Å². The van der Waals surface area contributed by atoms with E-state index in [4.69, 9.17) is 5.11 Å². The summed E-state index contributed by atoms with van der Waals surface area (Å²) in [6.07, 6.45) is 4.00. The second-order valence-electron chi connectivity index (χ2n) is 5.63. The molecule has 0 aromatic carbocycles. The van der Waals surface area contributed by atoms with Crippen molar-refractivity contribution in [1.29, 1.82) is 0 Å². The summed E-state index contributed by atoms with van der Waals surface area (Å²) in [5.41, 5.74) is 0.0362. The van der Waals surface area contributed by atoms with Crippen molar-refractivity contribution in [3.8, 4) is 0 Å². The molecule has 15 heavy (non-hydrogen) atoms. The van der Waals surface area contributed by atoms with E-state index in [1.165, 1.54) is 6.42 Å². The highest BCUT2D eigenvalue weighted by Crippen LogP contribution is 2.27. The molecule has 3 heteroatoms. The van der Waals surface area contributed by atoms with E-state index in [1.54, 1.807) is 0 Å². The Labute approximate surface area is 92.5 Å². The monoisotopic (exact) mass is 213 g/mol. The Morgan fingerprint density at radius 3 is 2.33 bits per heavy atom. The first-order chi connectivity index (χ1) is 6.94. The van der Waals surface area contributed by atoms with Crippen LogP contribution in [0.2, 0.25) is 0 Å². The molecule has 1 N–H and O–H groups in total. The van der Waals surface area contributed by atoms with Crippen molar-refractivity contribution < 1.29 is 9.90 Å². The van der Waals surface area contributed by atoms with E-state index >= 15 is 0 Å². The minimum Gasteiger partial charge on any atom is -0.395 e. The van der Waals surface area contributed by atoms with Gasteiger partial charge in [0.05, 0.1) is 6.61 Å². The maximum atomic E-state index is 12.0. The van der Waals surface area contributed by atoms with Crippen molar-refractivity contribution in [1.82, 2.24) is 4.90 Å². The summed E-state index contributed by atoms with van der Waals surface area (Å²) in [5, 5.41) is 8.96. The molecule has 3 nitrogen and oxygen atoms in total. The molecular formula is C12H23NO2. The van der Waals surface area contributed by atoms with Crippen LogP contribution in [-0.4, -0.2) is 35.1 Å². The third-order valence-corrected chi connectivity index (χ3v) is 2.86. The number of carbonyl (C=O) groups excluding carboxylic acids is 1. The van der Waals surface area contributed by atoms with E-state index in [1.807, 2.05) is 4.90 Å². The molecule has 1 fully saturated rings. The standard InChI is InChI=1S/C12H23NO2/c1-12(2,3)9-11(15)13(7-8-14)10-5-4-6-10/h10,14H,4-9H2,1-3H3. The first kappa shape index (κ1) is 12.5. The quantitative estimate of drug-likeness (QED) is 0.773. The lowest BCUT2D eigenvalue weighted by Crippen LogP contribution is -2.46. The van der Waals surface area contributed by atoms with Gasteiger partial charge in [-0.2, -0.15) is 0 Å². The molecule has 1 aliphatic rings. The molecule has 1 rings (SSSR count). The fourth-order valence-electron chi connectivity index (χ4n) is 1.87. The molecule has 0 heterocycles. The topological polar surface area (TPSA) is 40.5 Å². The maximum absolute atomic E-state index is 12.0. The summed E-state index contributed by atoms with van der Waals surface area (Å²) in [6.45, 7) is 6.79. The van der Waals surface area contributed by atoms with E-state index in [0.29, 0.717) is 19.0 Å². The molecule has 88 valence electrons. The van der Waals surface area contributed by atoms with Gasteiger partial charge in [0.2, 0.25) is 5.91 Å². The lowest BCUT2D eigenvalue weighted by atomic mass is 9.88. The molecule has 0 radical (unpaired) electrons. The van der Waals surface area contributed by atoms with Gasteiger partial charge in [0.15, 0.2) is 0 Å². The summed E-state index contributed by atoms with van der Waals surface area (Å²) in [5.74, 6) is 0.196.